The smallest absolute Gasteiger partial charge is 0.220 e. The lowest BCUT2D eigenvalue weighted by atomic mass is 10.2. The van der Waals surface area contributed by atoms with E-state index >= 15 is 0 Å². The van der Waals surface area contributed by atoms with Gasteiger partial charge in [-0.05, 0) is 12.8 Å². The van der Waals surface area contributed by atoms with E-state index in [0.717, 1.165) is 26.1 Å². The topological polar surface area (TPSA) is 44.4 Å². The van der Waals surface area contributed by atoms with E-state index in [2.05, 4.69) is 15.8 Å². The van der Waals surface area contributed by atoms with Gasteiger partial charge in [0.2, 0.25) is 5.91 Å². The molecule has 0 aromatic rings. The Labute approximate surface area is 72.3 Å². The van der Waals surface area contributed by atoms with Gasteiger partial charge in [-0.1, -0.05) is 0 Å². The van der Waals surface area contributed by atoms with Gasteiger partial charge in [0.1, 0.15) is 0 Å². The number of hydrogen-bond donors (Lipinski definition) is 2. The zero-order valence-electron chi connectivity index (χ0n) is 7.18. The minimum Gasteiger partial charge on any atom is -0.352 e. The number of carbonyl (C=O) groups is 1. The number of nitrogens with one attached hydrogen (secondary N) is 2. The van der Waals surface area contributed by atoms with Gasteiger partial charge in [0.25, 0.3) is 0 Å². The number of carbonyl (C=O) groups excluding carboxylic acids is 1. The van der Waals surface area contributed by atoms with Gasteiger partial charge in [-0.25, -0.2) is 5.01 Å². The number of amides is 1. The van der Waals surface area contributed by atoms with E-state index in [9.17, 15) is 4.79 Å². The number of hydrogen-bond acceptors (Lipinski definition) is 3. The van der Waals surface area contributed by atoms with E-state index < -0.39 is 0 Å². The summed E-state index contributed by atoms with van der Waals surface area (Å²) in [7, 11) is 0. The first-order valence-corrected chi connectivity index (χ1v) is 4.62. The van der Waals surface area contributed by atoms with Crippen LogP contribution < -0.4 is 10.7 Å². The highest BCUT2D eigenvalue weighted by Crippen LogP contribution is 2.08. The molecule has 2 aliphatic heterocycles. The predicted molar refractivity (Wildman–Crippen MR) is 45.4 cm³/mol. The quantitative estimate of drug-likeness (QED) is 0.584. The van der Waals surface area contributed by atoms with Gasteiger partial charge in [-0.15, -0.1) is 0 Å². The summed E-state index contributed by atoms with van der Waals surface area (Å²) >= 11 is 0. The summed E-state index contributed by atoms with van der Waals surface area (Å²) in [6.45, 7) is 3.17. The molecule has 1 atom stereocenters. The molecule has 12 heavy (non-hydrogen) atoms. The van der Waals surface area contributed by atoms with Crippen molar-refractivity contribution in [2.45, 2.75) is 25.3 Å². The number of rotatable bonds is 2. The maximum absolute atomic E-state index is 10.9. The molecule has 0 aliphatic carbocycles. The standard InChI is InChI=1S/C8H15N3O/c12-8-3-2-7(10-8)6-11-5-1-4-9-11/h7,9H,1-6H2,(H,10,12). The van der Waals surface area contributed by atoms with Crippen LogP contribution >= 0.6 is 0 Å². The molecule has 2 saturated heterocycles. The molecule has 2 heterocycles. The van der Waals surface area contributed by atoms with Gasteiger partial charge in [0.15, 0.2) is 0 Å². The number of nitrogens with zero attached hydrogens (tertiary/aromatic N) is 1. The minimum atomic E-state index is 0.208. The van der Waals surface area contributed by atoms with Crippen molar-refractivity contribution in [3.63, 3.8) is 0 Å². The Morgan fingerprint density at radius 2 is 2.50 bits per heavy atom. The zero-order valence-corrected chi connectivity index (χ0v) is 7.18. The Morgan fingerprint density at radius 3 is 3.08 bits per heavy atom. The molecule has 0 spiro atoms. The molecule has 4 nitrogen and oxygen atoms in total. The van der Waals surface area contributed by atoms with Gasteiger partial charge < -0.3 is 5.32 Å². The predicted octanol–water partition coefficient (Wildman–Crippen LogP) is -0.525. The molecule has 2 rings (SSSR count). The van der Waals surface area contributed by atoms with Crippen LogP contribution in [0.5, 0.6) is 0 Å². The highest BCUT2D eigenvalue weighted by Gasteiger charge is 2.23. The van der Waals surface area contributed by atoms with E-state index in [1.165, 1.54) is 6.42 Å². The van der Waals surface area contributed by atoms with Crippen LogP contribution in [0.3, 0.4) is 0 Å². The largest absolute Gasteiger partial charge is 0.352 e. The summed E-state index contributed by atoms with van der Waals surface area (Å²) in [6.07, 6.45) is 2.93. The average molecular weight is 169 g/mol. The lowest BCUT2D eigenvalue weighted by molar-refractivity contribution is -0.119. The average Bonchev–Trinajstić information content (AvgIpc) is 2.63. The second kappa shape index (κ2) is 3.41. The monoisotopic (exact) mass is 169 g/mol. The van der Waals surface area contributed by atoms with Crippen molar-refractivity contribution in [1.29, 1.82) is 0 Å². The van der Waals surface area contributed by atoms with Crippen LogP contribution in [0.1, 0.15) is 19.3 Å². The summed E-state index contributed by atoms with van der Waals surface area (Å²) in [6, 6.07) is 0.378. The van der Waals surface area contributed by atoms with Crippen LogP contribution in [-0.2, 0) is 4.79 Å². The molecule has 0 aromatic carbocycles. The van der Waals surface area contributed by atoms with E-state index in [4.69, 9.17) is 0 Å². The molecule has 0 bridgehead atoms. The maximum atomic E-state index is 10.9. The fourth-order valence-corrected chi connectivity index (χ4v) is 1.82. The first kappa shape index (κ1) is 8.01. The third kappa shape index (κ3) is 1.76. The van der Waals surface area contributed by atoms with Gasteiger partial charge in [-0.2, -0.15) is 0 Å². The minimum absolute atomic E-state index is 0.208. The molecule has 1 unspecified atom stereocenters. The fourth-order valence-electron chi connectivity index (χ4n) is 1.82. The maximum Gasteiger partial charge on any atom is 0.220 e. The molecule has 4 heteroatoms. The molecular formula is C8H15N3O. The van der Waals surface area contributed by atoms with Gasteiger partial charge in [-0.3, -0.25) is 10.2 Å². The van der Waals surface area contributed by atoms with Crippen LogP contribution in [0.25, 0.3) is 0 Å². The molecule has 0 radical (unpaired) electrons. The van der Waals surface area contributed by atoms with Gasteiger partial charge >= 0.3 is 0 Å². The molecule has 68 valence electrons. The third-order valence-electron chi connectivity index (χ3n) is 2.47. The van der Waals surface area contributed by atoms with Crippen LogP contribution in [0.15, 0.2) is 0 Å². The summed E-state index contributed by atoms with van der Waals surface area (Å²) in [5.74, 6) is 0.208. The van der Waals surface area contributed by atoms with E-state index in [-0.39, 0.29) is 5.91 Å². The van der Waals surface area contributed by atoms with Crippen molar-refractivity contribution < 1.29 is 4.79 Å². The highest BCUT2D eigenvalue weighted by atomic mass is 16.1. The Hall–Kier alpha value is -0.610. The Bertz CT molecular complexity index is 177. The SMILES string of the molecule is O=C1CCC(CN2CCCN2)N1. The summed E-state index contributed by atoms with van der Waals surface area (Å²) < 4.78 is 0. The molecule has 1 amide bonds. The van der Waals surface area contributed by atoms with Crippen molar-refractivity contribution in [2.24, 2.45) is 0 Å². The summed E-state index contributed by atoms with van der Waals surface area (Å²) in [5, 5.41) is 5.16. The molecule has 2 aliphatic rings. The first-order chi connectivity index (χ1) is 5.84. The Morgan fingerprint density at radius 1 is 1.58 bits per heavy atom. The molecule has 0 aromatic heterocycles. The first-order valence-electron chi connectivity index (χ1n) is 4.62. The van der Waals surface area contributed by atoms with E-state index in [1.807, 2.05) is 0 Å². The normalized spacial score (nSPS) is 31.0. The van der Waals surface area contributed by atoms with Crippen molar-refractivity contribution >= 4 is 5.91 Å². The lowest BCUT2D eigenvalue weighted by Crippen LogP contribution is -2.41. The second-order valence-electron chi connectivity index (χ2n) is 3.51. The van der Waals surface area contributed by atoms with Gasteiger partial charge in [0, 0.05) is 32.1 Å². The third-order valence-corrected chi connectivity index (χ3v) is 2.47. The van der Waals surface area contributed by atoms with Crippen molar-refractivity contribution in [2.75, 3.05) is 19.6 Å². The number of hydrazine groups is 1. The van der Waals surface area contributed by atoms with Gasteiger partial charge in [0.05, 0.1) is 0 Å². The summed E-state index contributed by atoms with van der Waals surface area (Å²) in [5.41, 5.74) is 3.28. The summed E-state index contributed by atoms with van der Waals surface area (Å²) in [4.78, 5) is 10.9. The molecular weight excluding hydrogens is 154 g/mol. The highest BCUT2D eigenvalue weighted by molar-refractivity contribution is 5.78. The zero-order chi connectivity index (χ0) is 8.39. The molecule has 2 fully saturated rings. The fraction of sp³-hybridized carbons (Fsp3) is 0.875. The second-order valence-corrected chi connectivity index (χ2v) is 3.51. The van der Waals surface area contributed by atoms with Crippen LogP contribution in [0, 0.1) is 0 Å². The Kier molecular flexibility index (Phi) is 2.28. The Balaban J connectivity index is 1.75. The lowest BCUT2D eigenvalue weighted by Gasteiger charge is -2.19. The molecule has 0 saturated carbocycles. The van der Waals surface area contributed by atoms with Crippen molar-refractivity contribution in [1.82, 2.24) is 15.8 Å². The van der Waals surface area contributed by atoms with Crippen molar-refractivity contribution in [3.8, 4) is 0 Å². The van der Waals surface area contributed by atoms with Crippen LogP contribution in [0.2, 0.25) is 0 Å². The van der Waals surface area contributed by atoms with Crippen LogP contribution in [0.4, 0.5) is 0 Å². The molecule has 2 N–H and O–H groups in total. The van der Waals surface area contributed by atoms with Crippen LogP contribution in [-0.4, -0.2) is 36.6 Å². The van der Waals surface area contributed by atoms with E-state index in [1.54, 1.807) is 0 Å². The van der Waals surface area contributed by atoms with E-state index in [0.29, 0.717) is 12.5 Å². The van der Waals surface area contributed by atoms with Crippen molar-refractivity contribution in [3.05, 3.63) is 0 Å².